The van der Waals surface area contributed by atoms with Crippen LogP contribution in [0.1, 0.15) is 26.4 Å². The topological polar surface area (TPSA) is 81.0 Å². The number of carbonyl (C=O) groups is 2. The number of aryl methyl sites for hydroxylation is 1. The van der Waals surface area contributed by atoms with Crippen LogP contribution in [-0.2, 0) is 13.6 Å². The summed E-state index contributed by atoms with van der Waals surface area (Å²) in [5.74, 6) is -0.664. The minimum Gasteiger partial charge on any atom is -0.275 e. The third-order valence-corrected chi connectivity index (χ3v) is 5.40. The molecule has 8 heteroatoms. The highest BCUT2D eigenvalue weighted by Crippen LogP contribution is 2.29. The lowest BCUT2D eigenvalue weighted by molar-refractivity contribution is 0.0640. The third-order valence-electron chi connectivity index (χ3n) is 5.15. The smallest absolute Gasteiger partial charge is 0.261 e. The number of aromatic nitrogens is 4. The van der Waals surface area contributed by atoms with Gasteiger partial charge in [0.1, 0.15) is 0 Å². The second-order valence-corrected chi connectivity index (χ2v) is 7.64. The second-order valence-electron chi connectivity index (χ2n) is 7.20. The van der Waals surface area contributed by atoms with Crippen LogP contribution in [0.25, 0.3) is 22.5 Å². The Balaban J connectivity index is 1.56. The van der Waals surface area contributed by atoms with E-state index in [0.29, 0.717) is 33.2 Å². The summed E-state index contributed by atoms with van der Waals surface area (Å²) in [5, 5.41) is 4.86. The number of amides is 2. The predicted octanol–water partition coefficient (Wildman–Crippen LogP) is 3.99. The van der Waals surface area contributed by atoms with E-state index in [1.165, 1.54) is 4.90 Å². The van der Waals surface area contributed by atoms with Gasteiger partial charge in [0.2, 0.25) is 0 Å². The van der Waals surface area contributed by atoms with Crippen LogP contribution in [0.15, 0.2) is 67.1 Å². The number of carbonyl (C=O) groups excluding carboxylic acids is 2. The first kappa shape index (κ1) is 19.1. The zero-order valence-corrected chi connectivity index (χ0v) is 17.2. The molecule has 4 aromatic rings. The van der Waals surface area contributed by atoms with E-state index in [1.807, 2.05) is 25.4 Å². The van der Waals surface area contributed by atoms with Crippen molar-refractivity contribution in [3.8, 4) is 22.5 Å². The Bertz CT molecular complexity index is 1300. The third kappa shape index (κ3) is 3.39. The summed E-state index contributed by atoms with van der Waals surface area (Å²) in [4.78, 5) is 36.2. The molecule has 0 aliphatic carbocycles. The normalized spacial score (nSPS) is 13.0. The van der Waals surface area contributed by atoms with Crippen LogP contribution in [-0.4, -0.2) is 36.5 Å². The van der Waals surface area contributed by atoms with Gasteiger partial charge in [-0.25, -0.2) is 4.98 Å². The van der Waals surface area contributed by atoms with Crippen LogP contribution < -0.4 is 0 Å². The van der Waals surface area contributed by atoms with Gasteiger partial charge in [0.15, 0.2) is 0 Å². The van der Waals surface area contributed by atoms with Gasteiger partial charge in [-0.05, 0) is 24.3 Å². The molecule has 1 aliphatic heterocycles. The molecule has 3 heterocycles. The molecule has 2 aromatic carbocycles. The van der Waals surface area contributed by atoms with Crippen molar-refractivity contribution in [3.05, 3.63) is 89.0 Å². The van der Waals surface area contributed by atoms with Crippen molar-refractivity contribution in [3.63, 3.8) is 0 Å². The van der Waals surface area contributed by atoms with Crippen LogP contribution in [0, 0.1) is 0 Å². The number of benzene rings is 2. The van der Waals surface area contributed by atoms with Crippen molar-refractivity contribution < 1.29 is 9.59 Å². The summed E-state index contributed by atoms with van der Waals surface area (Å²) in [6.07, 6.45) is 5.14. The Hall–Kier alpha value is -3.84. The lowest BCUT2D eigenvalue weighted by Gasteiger charge is -2.16. The highest BCUT2D eigenvalue weighted by molar-refractivity contribution is 6.30. The van der Waals surface area contributed by atoms with E-state index >= 15 is 0 Å². The molecule has 152 valence electrons. The van der Waals surface area contributed by atoms with Crippen molar-refractivity contribution in [1.82, 2.24) is 24.6 Å². The minimum atomic E-state index is -0.332. The Morgan fingerprint density at radius 2 is 1.58 bits per heavy atom. The van der Waals surface area contributed by atoms with Crippen molar-refractivity contribution in [2.24, 2.45) is 7.05 Å². The molecule has 0 saturated carbocycles. The summed E-state index contributed by atoms with van der Waals surface area (Å²) < 4.78 is 1.66. The average molecular weight is 430 g/mol. The number of imide groups is 1. The first-order valence-corrected chi connectivity index (χ1v) is 9.95. The molecule has 2 aromatic heterocycles. The van der Waals surface area contributed by atoms with Gasteiger partial charge in [0, 0.05) is 29.4 Å². The van der Waals surface area contributed by atoms with E-state index in [0.717, 1.165) is 11.1 Å². The summed E-state index contributed by atoms with van der Waals surface area (Å²) >= 11 is 6.00. The van der Waals surface area contributed by atoms with Crippen molar-refractivity contribution in [1.29, 1.82) is 0 Å². The van der Waals surface area contributed by atoms with E-state index in [9.17, 15) is 9.59 Å². The van der Waals surface area contributed by atoms with Crippen LogP contribution in [0.3, 0.4) is 0 Å². The van der Waals surface area contributed by atoms with Gasteiger partial charge < -0.3 is 0 Å². The fraction of sp³-hybridized carbons (Fsp3) is 0.0870. The number of nitrogens with zero attached hydrogens (tertiary/aromatic N) is 5. The van der Waals surface area contributed by atoms with E-state index in [4.69, 9.17) is 16.6 Å². The predicted molar refractivity (Wildman–Crippen MR) is 115 cm³/mol. The molecule has 0 saturated heterocycles. The van der Waals surface area contributed by atoms with Crippen LogP contribution >= 0.6 is 11.6 Å². The van der Waals surface area contributed by atoms with Gasteiger partial charge in [0.05, 0.1) is 47.1 Å². The number of hydrogen-bond acceptors (Lipinski definition) is 5. The Kier molecular flexibility index (Phi) is 4.60. The monoisotopic (exact) mass is 429 g/mol. The molecule has 0 fully saturated rings. The average Bonchev–Trinajstić information content (AvgIpc) is 3.32. The molecule has 2 amide bonds. The van der Waals surface area contributed by atoms with Gasteiger partial charge in [0.25, 0.3) is 11.8 Å². The van der Waals surface area contributed by atoms with E-state index in [2.05, 4.69) is 10.1 Å². The standard InChI is InChI=1S/C23H16ClN5O2/c1-28-12-15(10-26-28)21-20(25-11-19(27-21)14-6-8-16(24)9-7-14)13-29-22(30)17-4-2-3-5-18(17)23(29)31/h2-12H,13H2,1H3. The van der Waals surface area contributed by atoms with E-state index in [-0.39, 0.29) is 18.4 Å². The number of rotatable bonds is 4. The molecule has 31 heavy (non-hydrogen) atoms. The summed E-state index contributed by atoms with van der Waals surface area (Å²) in [7, 11) is 1.81. The maximum absolute atomic E-state index is 12.8. The maximum Gasteiger partial charge on any atom is 0.261 e. The lowest BCUT2D eigenvalue weighted by Crippen LogP contribution is -2.30. The number of hydrogen-bond donors (Lipinski definition) is 0. The van der Waals surface area contributed by atoms with Gasteiger partial charge in [-0.15, -0.1) is 0 Å². The quantitative estimate of drug-likeness (QED) is 0.458. The van der Waals surface area contributed by atoms with Crippen molar-refractivity contribution in [2.75, 3.05) is 0 Å². The first-order chi connectivity index (χ1) is 15.0. The molecule has 1 aliphatic rings. The van der Waals surface area contributed by atoms with Crippen LogP contribution in [0.4, 0.5) is 0 Å². The zero-order valence-electron chi connectivity index (χ0n) is 16.5. The van der Waals surface area contributed by atoms with Gasteiger partial charge in [-0.2, -0.15) is 5.10 Å². The zero-order chi connectivity index (χ0) is 21.5. The molecule has 0 radical (unpaired) electrons. The lowest BCUT2D eigenvalue weighted by atomic mass is 10.1. The molecule has 0 bridgehead atoms. The first-order valence-electron chi connectivity index (χ1n) is 9.57. The molecule has 0 atom stereocenters. The minimum absolute atomic E-state index is 0.0183. The fourth-order valence-corrected chi connectivity index (χ4v) is 3.72. The summed E-state index contributed by atoms with van der Waals surface area (Å²) in [6, 6.07) is 14.1. The summed E-state index contributed by atoms with van der Waals surface area (Å²) in [6.45, 7) is 0.0183. The van der Waals surface area contributed by atoms with Gasteiger partial charge in [-0.1, -0.05) is 35.9 Å². The van der Waals surface area contributed by atoms with Crippen molar-refractivity contribution >= 4 is 23.4 Å². The SMILES string of the molecule is Cn1cc(-c2nc(-c3ccc(Cl)cc3)cnc2CN2C(=O)c3ccccc3C2=O)cn1. The number of fused-ring (bicyclic) bond motifs is 1. The summed E-state index contributed by atoms with van der Waals surface area (Å²) in [5.41, 5.74) is 4.15. The highest BCUT2D eigenvalue weighted by Gasteiger charge is 2.36. The molecule has 0 unspecified atom stereocenters. The molecule has 0 spiro atoms. The van der Waals surface area contributed by atoms with Crippen LogP contribution in [0.2, 0.25) is 5.02 Å². The van der Waals surface area contributed by atoms with Crippen LogP contribution in [0.5, 0.6) is 0 Å². The second kappa shape index (κ2) is 7.45. The molecule has 7 nitrogen and oxygen atoms in total. The van der Waals surface area contributed by atoms with Crippen molar-refractivity contribution in [2.45, 2.75) is 6.54 Å². The molecule has 0 N–H and O–H groups in total. The van der Waals surface area contributed by atoms with E-state index in [1.54, 1.807) is 53.5 Å². The van der Waals surface area contributed by atoms with Gasteiger partial charge in [-0.3, -0.25) is 24.2 Å². The highest BCUT2D eigenvalue weighted by atomic mass is 35.5. The maximum atomic E-state index is 12.8. The Labute approximate surface area is 182 Å². The Morgan fingerprint density at radius 1 is 0.903 bits per heavy atom. The molecular formula is C23H16ClN5O2. The molecular weight excluding hydrogens is 414 g/mol. The van der Waals surface area contributed by atoms with E-state index < -0.39 is 0 Å². The number of halogens is 1. The van der Waals surface area contributed by atoms with Gasteiger partial charge >= 0.3 is 0 Å². The Morgan fingerprint density at radius 3 is 2.19 bits per heavy atom. The largest absolute Gasteiger partial charge is 0.275 e. The fourth-order valence-electron chi connectivity index (χ4n) is 3.60. The molecule has 5 rings (SSSR count).